The standard InChI is InChI=1S/C6H10O2/c1-2-3-6(8)4-5-7/h2,4-8H,1,3H2. The molecule has 2 heteroatoms. The maximum absolute atomic E-state index is 8.73. The first kappa shape index (κ1) is 7.24. The first-order valence-corrected chi connectivity index (χ1v) is 2.41. The highest BCUT2D eigenvalue weighted by molar-refractivity contribution is 4.86. The Morgan fingerprint density at radius 2 is 2.25 bits per heavy atom. The average Bonchev–Trinajstić information content (AvgIpc) is 1.68. The molecule has 2 nitrogen and oxygen atoms in total. The molecule has 0 aliphatic rings. The van der Waals surface area contributed by atoms with E-state index in [1.807, 2.05) is 0 Å². The molecule has 46 valence electrons. The lowest BCUT2D eigenvalue weighted by Crippen LogP contribution is -1.98. The number of rotatable bonds is 3. The Kier molecular flexibility index (Phi) is 3.98. The second kappa shape index (κ2) is 4.40. The summed E-state index contributed by atoms with van der Waals surface area (Å²) in [6.07, 6.45) is 3.61. The quantitative estimate of drug-likeness (QED) is 0.424. The molecular formula is C6H10O2. The lowest BCUT2D eigenvalue weighted by atomic mass is 10.2. The smallest absolute Gasteiger partial charge is 0.0787 e. The van der Waals surface area contributed by atoms with Gasteiger partial charge in [-0.3, -0.25) is 0 Å². The summed E-state index contributed by atoms with van der Waals surface area (Å²) in [4.78, 5) is 0. The summed E-state index contributed by atoms with van der Waals surface area (Å²) >= 11 is 0. The molecule has 0 bridgehead atoms. The van der Waals surface area contributed by atoms with Crippen molar-refractivity contribution >= 4 is 0 Å². The van der Waals surface area contributed by atoms with Crippen LogP contribution >= 0.6 is 0 Å². The van der Waals surface area contributed by atoms with Gasteiger partial charge in [-0.15, -0.1) is 6.58 Å². The van der Waals surface area contributed by atoms with Gasteiger partial charge in [0, 0.05) is 0 Å². The van der Waals surface area contributed by atoms with E-state index in [2.05, 4.69) is 6.58 Å². The Labute approximate surface area is 48.8 Å². The molecule has 8 heavy (non-hydrogen) atoms. The van der Waals surface area contributed by atoms with Crippen molar-refractivity contribution in [2.45, 2.75) is 12.5 Å². The van der Waals surface area contributed by atoms with Gasteiger partial charge in [-0.25, -0.2) is 0 Å². The summed E-state index contributed by atoms with van der Waals surface area (Å²) in [7, 11) is 0. The second-order valence-electron chi connectivity index (χ2n) is 1.43. The van der Waals surface area contributed by atoms with Crippen LogP contribution in [-0.2, 0) is 0 Å². The van der Waals surface area contributed by atoms with Gasteiger partial charge < -0.3 is 10.2 Å². The highest BCUT2D eigenvalue weighted by atomic mass is 16.3. The molecule has 1 atom stereocenters. The topological polar surface area (TPSA) is 40.5 Å². The highest BCUT2D eigenvalue weighted by Crippen LogP contribution is 1.91. The van der Waals surface area contributed by atoms with Crippen LogP contribution in [0.25, 0.3) is 0 Å². The molecule has 0 amide bonds. The van der Waals surface area contributed by atoms with Crippen LogP contribution in [-0.4, -0.2) is 16.3 Å². The van der Waals surface area contributed by atoms with Crippen molar-refractivity contribution in [1.29, 1.82) is 0 Å². The van der Waals surface area contributed by atoms with Gasteiger partial charge in [-0.2, -0.15) is 0 Å². The van der Waals surface area contributed by atoms with Gasteiger partial charge in [0.1, 0.15) is 0 Å². The van der Waals surface area contributed by atoms with Crippen molar-refractivity contribution in [3.63, 3.8) is 0 Å². The fraction of sp³-hybridized carbons (Fsp3) is 0.333. The lowest BCUT2D eigenvalue weighted by Gasteiger charge is -1.95. The predicted octanol–water partition coefficient (Wildman–Crippen LogP) is 0.995. The van der Waals surface area contributed by atoms with Crippen LogP contribution in [0.2, 0.25) is 0 Å². The van der Waals surface area contributed by atoms with Gasteiger partial charge in [0.2, 0.25) is 0 Å². The van der Waals surface area contributed by atoms with E-state index in [-0.39, 0.29) is 0 Å². The first-order valence-electron chi connectivity index (χ1n) is 2.41. The van der Waals surface area contributed by atoms with Crippen LogP contribution in [0.1, 0.15) is 6.42 Å². The summed E-state index contributed by atoms with van der Waals surface area (Å²) in [6.45, 7) is 3.41. The van der Waals surface area contributed by atoms with E-state index in [1.54, 1.807) is 6.08 Å². The van der Waals surface area contributed by atoms with Gasteiger partial charge in [-0.1, -0.05) is 6.08 Å². The zero-order valence-electron chi connectivity index (χ0n) is 4.62. The normalized spacial score (nSPS) is 14.1. The fourth-order valence-electron chi connectivity index (χ4n) is 0.349. The minimum Gasteiger partial charge on any atom is -0.516 e. The van der Waals surface area contributed by atoms with Crippen molar-refractivity contribution in [1.82, 2.24) is 0 Å². The highest BCUT2D eigenvalue weighted by Gasteiger charge is 1.91. The van der Waals surface area contributed by atoms with Crippen molar-refractivity contribution in [2.24, 2.45) is 0 Å². The molecule has 0 saturated heterocycles. The zero-order valence-corrected chi connectivity index (χ0v) is 4.62. The van der Waals surface area contributed by atoms with Crippen LogP contribution in [0.4, 0.5) is 0 Å². The molecule has 0 aromatic carbocycles. The van der Waals surface area contributed by atoms with Crippen molar-refractivity contribution in [2.75, 3.05) is 0 Å². The lowest BCUT2D eigenvalue weighted by molar-refractivity contribution is 0.223. The zero-order chi connectivity index (χ0) is 6.41. The largest absolute Gasteiger partial charge is 0.516 e. The Morgan fingerprint density at radius 3 is 2.62 bits per heavy atom. The third-order valence-electron chi connectivity index (χ3n) is 0.716. The Hall–Kier alpha value is -0.760. The van der Waals surface area contributed by atoms with E-state index in [0.717, 1.165) is 6.26 Å². The summed E-state index contributed by atoms with van der Waals surface area (Å²) in [6, 6.07) is 0. The molecule has 2 N–H and O–H groups in total. The number of aliphatic hydroxyl groups is 2. The van der Waals surface area contributed by atoms with Gasteiger partial charge in [0.25, 0.3) is 0 Å². The molecule has 0 aliphatic carbocycles. The monoisotopic (exact) mass is 114 g/mol. The van der Waals surface area contributed by atoms with Crippen LogP contribution < -0.4 is 0 Å². The number of aliphatic hydroxyl groups excluding tert-OH is 2. The maximum Gasteiger partial charge on any atom is 0.0787 e. The molecule has 0 aliphatic heterocycles. The van der Waals surface area contributed by atoms with E-state index >= 15 is 0 Å². The third kappa shape index (κ3) is 3.43. The molecule has 0 aromatic rings. The molecule has 0 heterocycles. The third-order valence-corrected chi connectivity index (χ3v) is 0.716. The average molecular weight is 114 g/mol. The van der Waals surface area contributed by atoms with Crippen LogP contribution in [0, 0.1) is 0 Å². The van der Waals surface area contributed by atoms with Crippen molar-refractivity contribution in [3.8, 4) is 0 Å². The molecule has 1 unspecified atom stereocenters. The maximum atomic E-state index is 8.73. The Bertz CT molecular complexity index is 86.5. The van der Waals surface area contributed by atoms with Gasteiger partial charge in [0.05, 0.1) is 12.4 Å². The summed E-state index contributed by atoms with van der Waals surface area (Å²) in [5.74, 6) is 0. The van der Waals surface area contributed by atoms with E-state index in [0.29, 0.717) is 6.42 Å². The summed E-state index contributed by atoms with van der Waals surface area (Å²) < 4.78 is 0. The molecule has 0 radical (unpaired) electrons. The van der Waals surface area contributed by atoms with Gasteiger partial charge in [0.15, 0.2) is 0 Å². The van der Waals surface area contributed by atoms with Gasteiger partial charge >= 0.3 is 0 Å². The Morgan fingerprint density at radius 1 is 1.62 bits per heavy atom. The minimum atomic E-state index is -0.586. The molecule has 0 fully saturated rings. The van der Waals surface area contributed by atoms with Crippen molar-refractivity contribution < 1.29 is 10.2 Å². The molecule has 0 aromatic heterocycles. The molecule has 0 rings (SSSR count). The summed E-state index contributed by atoms with van der Waals surface area (Å²) in [5, 5.41) is 16.8. The SMILES string of the molecule is C=CCC(O)C=CO. The minimum absolute atomic E-state index is 0.483. The number of hydrogen-bond acceptors (Lipinski definition) is 2. The molecular weight excluding hydrogens is 104 g/mol. The van der Waals surface area contributed by atoms with Crippen LogP contribution in [0.15, 0.2) is 25.0 Å². The predicted molar refractivity (Wildman–Crippen MR) is 32.6 cm³/mol. The van der Waals surface area contributed by atoms with E-state index < -0.39 is 6.10 Å². The summed E-state index contributed by atoms with van der Waals surface area (Å²) in [5.41, 5.74) is 0. The van der Waals surface area contributed by atoms with E-state index in [1.165, 1.54) is 6.08 Å². The number of hydrogen-bond donors (Lipinski definition) is 2. The van der Waals surface area contributed by atoms with Crippen LogP contribution in [0.3, 0.4) is 0 Å². The van der Waals surface area contributed by atoms with E-state index in [4.69, 9.17) is 10.2 Å². The van der Waals surface area contributed by atoms with Gasteiger partial charge in [-0.05, 0) is 12.5 Å². The van der Waals surface area contributed by atoms with Crippen molar-refractivity contribution in [3.05, 3.63) is 25.0 Å². The fourth-order valence-corrected chi connectivity index (χ4v) is 0.349. The first-order chi connectivity index (χ1) is 3.81. The van der Waals surface area contributed by atoms with E-state index in [9.17, 15) is 0 Å². The Balaban J connectivity index is 3.31. The molecule has 0 spiro atoms. The van der Waals surface area contributed by atoms with Crippen LogP contribution in [0.5, 0.6) is 0 Å². The molecule has 0 saturated carbocycles. The second-order valence-corrected chi connectivity index (χ2v) is 1.43.